The van der Waals surface area contributed by atoms with Crippen molar-refractivity contribution in [1.29, 1.82) is 0 Å². The third-order valence-corrected chi connectivity index (χ3v) is 6.57. The molecule has 0 fully saturated rings. The van der Waals surface area contributed by atoms with E-state index in [9.17, 15) is 49.7 Å². The standard InChI is InChI=1S/C25H33F9O4/c1-13(2)16-10-11-17(19(5,6)37-14(3)21(9,35)23(26,27)28)18(12-16)20(7,8)38-15(4)22(36,24(29,30)31)25(32,33)34/h10-12,14-15,35-36H,1H2,2-9H3. The van der Waals surface area contributed by atoms with Crippen molar-refractivity contribution in [2.45, 2.75) is 109 Å². The molecule has 13 heteroatoms. The topological polar surface area (TPSA) is 58.9 Å². The number of hydrogen-bond donors (Lipinski definition) is 2. The number of allylic oxidation sites excluding steroid dienone is 1. The largest absolute Gasteiger partial charge is 0.428 e. The van der Waals surface area contributed by atoms with Gasteiger partial charge in [-0.3, -0.25) is 0 Å². The summed E-state index contributed by atoms with van der Waals surface area (Å²) in [6.45, 7) is 12.1. The highest BCUT2D eigenvalue weighted by Gasteiger charge is 2.74. The van der Waals surface area contributed by atoms with Crippen LogP contribution in [0.2, 0.25) is 0 Å². The first-order valence-electron chi connectivity index (χ1n) is 11.4. The van der Waals surface area contributed by atoms with Gasteiger partial charge in [0.1, 0.15) is 6.10 Å². The average molecular weight is 569 g/mol. The van der Waals surface area contributed by atoms with Crippen molar-refractivity contribution in [3.05, 3.63) is 41.5 Å². The molecule has 0 heterocycles. The van der Waals surface area contributed by atoms with E-state index in [1.807, 2.05) is 0 Å². The fourth-order valence-electron chi connectivity index (χ4n) is 3.90. The molecule has 38 heavy (non-hydrogen) atoms. The molecule has 0 bridgehead atoms. The van der Waals surface area contributed by atoms with E-state index in [4.69, 9.17) is 9.47 Å². The minimum Gasteiger partial charge on any atom is -0.379 e. The van der Waals surface area contributed by atoms with E-state index in [2.05, 4.69) is 6.58 Å². The Hall–Kier alpha value is -1.83. The monoisotopic (exact) mass is 568 g/mol. The number of alkyl halides is 9. The Labute approximate surface area is 215 Å². The predicted octanol–water partition coefficient (Wildman–Crippen LogP) is 7.17. The summed E-state index contributed by atoms with van der Waals surface area (Å²) in [5, 5.41) is 19.8. The van der Waals surface area contributed by atoms with Gasteiger partial charge in [0, 0.05) is 0 Å². The molecule has 0 spiro atoms. The van der Waals surface area contributed by atoms with Crippen molar-refractivity contribution in [3.63, 3.8) is 0 Å². The van der Waals surface area contributed by atoms with Crippen LogP contribution in [-0.4, -0.2) is 52.2 Å². The van der Waals surface area contributed by atoms with Gasteiger partial charge in [0.15, 0.2) is 5.60 Å². The number of halogens is 9. The van der Waals surface area contributed by atoms with Crippen LogP contribution in [-0.2, 0) is 20.7 Å². The van der Waals surface area contributed by atoms with Crippen molar-refractivity contribution in [2.24, 2.45) is 0 Å². The average Bonchev–Trinajstić information content (AvgIpc) is 2.69. The molecule has 1 aromatic carbocycles. The zero-order chi connectivity index (χ0) is 30.5. The van der Waals surface area contributed by atoms with Gasteiger partial charge in [-0.15, -0.1) is 0 Å². The van der Waals surface area contributed by atoms with Crippen molar-refractivity contribution >= 4 is 5.57 Å². The molecule has 0 amide bonds. The van der Waals surface area contributed by atoms with Gasteiger partial charge in [-0.25, -0.2) is 0 Å². The molecule has 1 rings (SSSR count). The highest BCUT2D eigenvalue weighted by Crippen LogP contribution is 2.48. The first-order chi connectivity index (χ1) is 16.5. The van der Waals surface area contributed by atoms with E-state index >= 15 is 0 Å². The molecule has 0 aliphatic rings. The summed E-state index contributed by atoms with van der Waals surface area (Å²) in [6.07, 6.45) is -22.1. The van der Waals surface area contributed by atoms with E-state index in [0.29, 0.717) is 25.0 Å². The van der Waals surface area contributed by atoms with E-state index in [-0.39, 0.29) is 11.1 Å². The van der Waals surface area contributed by atoms with Crippen molar-refractivity contribution in [3.8, 4) is 0 Å². The molecular weight excluding hydrogens is 535 g/mol. The molecular formula is C25H33F9O4. The summed E-state index contributed by atoms with van der Waals surface area (Å²) < 4.78 is 131. The van der Waals surface area contributed by atoms with Crippen LogP contribution >= 0.6 is 0 Å². The second-order valence-electron chi connectivity index (χ2n) is 10.5. The van der Waals surface area contributed by atoms with Crippen molar-refractivity contribution < 1.29 is 59.2 Å². The van der Waals surface area contributed by atoms with E-state index in [0.717, 1.165) is 20.8 Å². The molecule has 220 valence electrons. The summed E-state index contributed by atoms with van der Waals surface area (Å²) in [5.74, 6) is 0. The van der Waals surface area contributed by atoms with Crippen molar-refractivity contribution in [1.82, 2.24) is 0 Å². The maximum atomic E-state index is 13.4. The molecule has 3 unspecified atom stereocenters. The third-order valence-electron chi connectivity index (χ3n) is 6.57. The van der Waals surface area contributed by atoms with Gasteiger partial charge >= 0.3 is 18.5 Å². The Balaban J connectivity index is 3.71. The number of aliphatic hydroxyl groups is 2. The number of rotatable bonds is 9. The molecule has 0 saturated heterocycles. The van der Waals surface area contributed by atoms with E-state index in [1.165, 1.54) is 32.0 Å². The molecule has 0 aliphatic carbocycles. The Morgan fingerprint density at radius 1 is 0.711 bits per heavy atom. The van der Waals surface area contributed by atoms with Crippen LogP contribution in [0.5, 0.6) is 0 Å². The van der Waals surface area contributed by atoms with E-state index < -0.39 is 53.1 Å². The lowest BCUT2D eigenvalue weighted by molar-refractivity contribution is -0.398. The molecule has 0 aliphatic heterocycles. The van der Waals surface area contributed by atoms with Gasteiger partial charge in [-0.2, -0.15) is 39.5 Å². The minimum atomic E-state index is -6.15. The van der Waals surface area contributed by atoms with Gasteiger partial charge in [-0.05, 0) is 78.1 Å². The predicted molar refractivity (Wildman–Crippen MR) is 122 cm³/mol. The SMILES string of the molecule is C=C(C)c1ccc(C(C)(C)OC(C)C(C)(O)C(F)(F)F)c(C(C)(C)OC(C)C(O)(C(F)(F)F)C(F)(F)F)c1. The molecule has 0 radical (unpaired) electrons. The Bertz CT molecular complexity index is 992. The maximum absolute atomic E-state index is 13.4. The first kappa shape index (κ1) is 34.2. The van der Waals surface area contributed by atoms with Crippen LogP contribution < -0.4 is 0 Å². The Morgan fingerprint density at radius 3 is 1.47 bits per heavy atom. The summed E-state index contributed by atoms with van der Waals surface area (Å²) in [4.78, 5) is 0. The second-order valence-corrected chi connectivity index (χ2v) is 10.5. The summed E-state index contributed by atoms with van der Waals surface area (Å²) in [7, 11) is 0. The van der Waals surface area contributed by atoms with Crippen LogP contribution in [0.25, 0.3) is 5.57 Å². The summed E-state index contributed by atoms with van der Waals surface area (Å²) in [5.41, 5.74) is -11.3. The van der Waals surface area contributed by atoms with Crippen LogP contribution in [0, 0.1) is 0 Å². The smallest absolute Gasteiger partial charge is 0.379 e. The van der Waals surface area contributed by atoms with Crippen LogP contribution in [0.4, 0.5) is 39.5 Å². The molecule has 0 saturated carbocycles. The fraction of sp³-hybridized carbons (Fsp3) is 0.680. The van der Waals surface area contributed by atoms with Gasteiger partial charge in [0.25, 0.3) is 5.60 Å². The fourth-order valence-corrected chi connectivity index (χ4v) is 3.90. The first-order valence-corrected chi connectivity index (χ1v) is 11.4. The maximum Gasteiger partial charge on any atom is 0.428 e. The highest BCUT2D eigenvalue weighted by molar-refractivity contribution is 5.63. The normalized spacial score (nSPS) is 17.7. The number of hydrogen-bond acceptors (Lipinski definition) is 4. The summed E-state index contributed by atoms with van der Waals surface area (Å²) in [6, 6.07) is 4.20. The van der Waals surface area contributed by atoms with Gasteiger partial charge in [0.2, 0.25) is 0 Å². The number of ether oxygens (including phenoxy) is 2. The van der Waals surface area contributed by atoms with Gasteiger partial charge < -0.3 is 19.7 Å². The zero-order valence-electron chi connectivity index (χ0n) is 22.2. The highest BCUT2D eigenvalue weighted by atomic mass is 19.4. The second kappa shape index (κ2) is 10.3. The zero-order valence-corrected chi connectivity index (χ0v) is 22.2. The van der Waals surface area contributed by atoms with Gasteiger partial charge in [-0.1, -0.05) is 24.3 Å². The number of benzene rings is 1. The lowest BCUT2D eigenvalue weighted by Gasteiger charge is -2.43. The molecule has 1 aromatic rings. The summed E-state index contributed by atoms with van der Waals surface area (Å²) >= 11 is 0. The third kappa shape index (κ3) is 6.48. The molecule has 4 nitrogen and oxygen atoms in total. The van der Waals surface area contributed by atoms with Crippen LogP contribution in [0.1, 0.15) is 72.1 Å². The minimum absolute atomic E-state index is 0.0413. The lowest BCUT2D eigenvalue weighted by Crippen LogP contribution is -2.64. The molecule has 0 aromatic heterocycles. The quantitative estimate of drug-likeness (QED) is 0.310. The molecule has 3 atom stereocenters. The van der Waals surface area contributed by atoms with E-state index in [1.54, 1.807) is 6.92 Å². The van der Waals surface area contributed by atoms with Crippen LogP contribution in [0.15, 0.2) is 24.8 Å². The molecule has 2 N–H and O–H groups in total. The Morgan fingerprint density at radius 2 is 1.11 bits per heavy atom. The Kier molecular flexibility index (Phi) is 9.26. The van der Waals surface area contributed by atoms with Crippen molar-refractivity contribution in [2.75, 3.05) is 0 Å². The lowest BCUT2D eigenvalue weighted by atomic mass is 9.82. The van der Waals surface area contributed by atoms with Gasteiger partial charge in [0.05, 0.1) is 17.3 Å². The van der Waals surface area contributed by atoms with Crippen LogP contribution in [0.3, 0.4) is 0 Å².